The van der Waals surface area contributed by atoms with Crippen molar-refractivity contribution in [1.82, 2.24) is 29.4 Å². The van der Waals surface area contributed by atoms with Crippen LogP contribution in [0.5, 0.6) is 0 Å². The maximum atomic E-state index is 13.2. The van der Waals surface area contributed by atoms with Gasteiger partial charge in [0, 0.05) is 55.7 Å². The van der Waals surface area contributed by atoms with Crippen molar-refractivity contribution in [2.45, 2.75) is 37.5 Å². The molecule has 0 bridgehead atoms. The van der Waals surface area contributed by atoms with Gasteiger partial charge in [0.1, 0.15) is 5.82 Å². The third-order valence-corrected chi connectivity index (χ3v) is 6.23. The number of alkyl halides is 3. The number of aryl methyl sites for hydroxylation is 2. The summed E-state index contributed by atoms with van der Waals surface area (Å²) >= 11 is 0. The molecular formula is C20H22F3N7. The van der Waals surface area contributed by atoms with Crippen molar-refractivity contribution in [3.05, 3.63) is 47.5 Å². The summed E-state index contributed by atoms with van der Waals surface area (Å²) in [5, 5.41) is 9.04. The number of nitrogens with two attached hydrogens (primary N) is 1. The van der Waals surface area contributed by atoms with E-state index in [1.54, 1.807) is 4.68 Å². The van der Waals surface area contributed by atoms with Gasteiger partial charge in [-0.1, -0.05) is 0 Å². The number of nitrogens with zero attached hydrogens (tertiary/aromatic N) is 6. The van der Waals surface area contributed by atoms with Crippen LogP contribution >= 0.6 is 0 Å². The second-order valence-corrected chi connectivity index (χ2v) is 8.26. The molecule has 1 atom stereocenters. The van der Waals surface area contributed by atoms with Gasteiger partial charge in [-0.15, -0.1) is 0 Å². The summed E-state index contributed by atoms with van der Waals surface area (Å²) in [4.78, 5) is 6.13. The first kappa shape index (κ1) is 19.1. The minimum Gasteiger partial charge on any atom is -0.383 e. The molecule has 0 saturated carbocycles. The van der Waals surface area contributed by atoms with Gasteiger partial charge in [-0.3, -0.25) is 14.3 Å². The molecule has 2 aliphatic rings. The number of halogens is 3. The Bertz CT molecular complexity index is 1100. The van der Waals surface area contributed by atoms with Gasteiger partial charge in [-0.25, -0.2) is 4.98 Å². The molecule has 7 nitrogen and oxygen atoms in total. The number of fused-ring (bicyclic) bond motifs is 2. The monoisotopic (exact) mass is 417 g/mol. The molecule has 30 heavy (non-hydrogen) atoms. The van der Waals surface area contributed by atoms with Crippen LogP contribution in [0.15, 0.2) is 30.6 Å². The molecule has 158 valence electrons. The molecule has 5 heterocycles. The number of hydrogen-bond donors (Lipinski definition) is 1. The average molecular weight is 417 g/mol. The highest BCUT2D eigenvalue weighted by molar-refractivity contribution is 5.63. The van der Waals surface area contributed by atoms with Crippen LogP contribution in [0.25, 0.3) is 11.3 Å². The lowest BCUT2D eigenvalue weighted by Gasteiger charge is -2.23. The number of rotatable bonds is 3. The molecule has 1 spiro atoms. The van der Waals surface area contributed by atoms with Gasteiger partial charge < -0.3 is 5.73 Å². The van der Waals surface area contributed by atoms with Gasteiger partial charge >= 0.3 is 6.18 Å². The van der Waals surface area contributed by atoms with E-state index in [-0.39, 0.29) is 5.41 Å². The first-order chi connectivity index (χ1) is 14.2. The van der Waals surface area contributed by atoms with Crippen LogP contribution in [-0.2, 0) is 31.7 Å². The maximum Gasteiger partial charge on any atom is 0.419 e. The first-order valence-corrected chi connectivity index (χ1v) is 9.86. The van der Waals surface area contributed by atoms with Crippen LogP contribution in [0.2, 0.25) is 0 Å². The number of anilines is 1. The maximum absolute atomic E-state index is 13.2. The average Bonchev–Trinajstić information content (AvgIpc) is 3.43. The van der Waals surface area contributed by atoms with E-state index in [1.165, 1.54) is 6.20 Å². The number of hydrogen-bond acceptors (Lipinski definition) is 5. The zero-order valence-electron chi connectivity index (χ0n) is 16.5. The summed E-state index contributed by atoms with van der Waals surface area (Å²) in [6, 6.07) is 4.98. The van der Waals surface area contributed by atoms with E-state index >= 15 is 0 Å². The highest BCUT2D eigenvalue weighted by Crippen LogP contribution is 2.44. The fourth-order valence-electron chi connectivity index (χ4n) is 4.73. The standard InChI is InChI=1S/C20H22F3N7/c1-28-5-2-14(26-28)11-29-6-3-19(12-29)4-7-30-17(19)9-16(27-30)13-8-15(20(21,22)23)18(24)25-10-13/h2,5,8-10H,3-4,6-7,11-12H2,1H3,(H2,24,25). The summed E-state index contributed by atoms with van der Waals surface area (Å²) in [6.07, 6.45) is 0.736. The number of nitrogen functional groups attached to an aromatic ring is 1. The molecule has 1 fully saturated rings. The Hall–Kier alpha value is -2.88. The Morgan fingerprint density at radius 3 is 2.70 bits per heavy atom. The second-order valence-electron chi connectivity index (χ2n) is 8.26. The minimum atomic E-state index is -4.55. The van der Waals surface area contributed by atoms with Crippen molar-refractivity contribution in [1.29, 1.82) is 0 Å². The highest BCUT2D eigenvalue weighted by Gasteiger charge is 2.45. The van der Waals surface area contributed by atoms with Crippen LogP contribution in [0, 0.1) is 0 Å². The molecule has 3 aromatic rings. The Labute approximate surface area is 171 Å². The van der Waals surface area contributed by atoms with E-state index in [4.69, 9.17) is 5.73 Å². The van der Waals surface area contributed by atoms with Crippen LogP contribution in [0.4, 0.5) is 19.0 Å². The summed E-state index contributed by atoms with van der Waals surface area (Å²) < 4.78 is 43.4. The van der Waals surface area contributed by atoms with Crippen LogP contribution in [-0.4, -0.2) is 42.5 Å². The highest BCUT2D eigenvalue weighted by atomic mass is 19.4. The van der Waals surface area contributed by atoms with Crippen LogP contribution in [0.1, 0.15) is 29.8 Å². The van der Waals surface area contributed by atoms with E-state index in [9.17, 15) is 13.2 Å². The Morgan fingerprint density at radius 1 is 1.17 bits per heavy atom. The molecule has 1 unspecified atom stereocenters. The summed E-state index contributed by atoms with van der Waals surface area (Å²) in [5.41, 5.74) is 7.45. The lowest BCUT2D eigenvalue weighted by atomic mass is 9.82. The molecule has 0 amide bonds. The lowest BCUT2D eigenvalue weighted by Crippen LogP contribution is -2.29. The number of likely N-dealkylation sites (tertiary alicyclic amines) is 1. The van der Waals surface area contributed by atoms with E-state index in [1.807, 2.05) is 30.1 Å². The van der Waals surface area contributed by atoms with E-state index in [2.05, 4.69) is 20.1 Å². The molecule has 5 rings (SSSR count). The molecule has 0 aromatic carbocycles. The van der Waals surface area contributed by atoms with Crippen molar-refractivity contribution in [3.8, 4) is 11.3 Å². The molecule has 3 aromatic heterocycles. The molecule has 2 aliphatic heterocycles. The molecule has 1 saturated heterocycles. The number of pyridine rings is 1. The third-order valence-electron chi connectivity index (χ3n) is 6.23. The fourth-order valence-corrected chi connectivity index (χ4v) is 4.73. The van der Waals surface area contributed by atoms with Gasteiger partial charge in [0.25, 0.3) is 0 Å². The van der Waals surface area contributed by atoms with Crippen molar-refractivity contribution in [3.63, 3.8) is 0 Å². The predicted octanol–water partition coefficient (Wildman–Crippen LogP) is 2.83. The minimum absolute atomic E-state index is 0.0197. The van der Waals surface area contributed by atoms with E-state index in [0.29, 0.717) is 11.3 Å². The van der Waals surface area contributed by atoms with Crippen molar-refractivity contribution < 1.29 is 13.2 Å². The van der Waals surface area contributed by atoms with E-state index in [0.717, 1.165) is 56.5 Å². The molecule has 2 N–H and O–H groups in total. The molecule has 0 radical (unpaired) electrons. The Balaban J connectivity index is 1.41. The Morgan fingerprint density at radius 2 is 1.97 bits per heavy atom. The van der Waals surface area contributed by atoms with Gasteiger partial charge in [-0.2, -0.15) is 23.4 Å². The predicted molar refractivity (Wildman–Crippen MR) is 104 cm³/mol. The third kappa shape index (κ3) is 3.15. The fraction of sp³-hybridized carbons (Fsp3) is 0.450. The SMILES string of the molecule is Cn1ccc(CN2CCC3(CCn4nc(-c5cnc(N)c(C(F)(F)F)c5)cc43)C2)n1. The topological polar surface area (TPSA) is 77.8 Å². The van der Waals surface area contributed by atoms with Crippen molar-refractivity contribution in [2.75, 3.05) is 18.8 Å². The largest absolute Gasteiger partial charge is 0.419 e. The lowest BCUT2D eigenvalue weighted by molar-refractivity contribution is -0.137. The number of aromatic nitrogens is 5. The zero-order chi connectivity index (χ0) is 21.1. The van der Waals surface area contributed by atoms with Crippen molar-refractivity contribution >= 4 is 5.82 Å². The van der Waals surface area contributed by atoms with E-state index < -0.39 is 17.6 Å². The van der Waals surface area contributed by atoms with Crippen LogP contribution in [0.3, 0.4) is 0 Å². The Kier molecular flexibility index (Phi) is 4.18. The van der Waals surface area contributed by atoms with Crippen LogP contribution < -0.4 is 5.73 Å². The second kappa shape index (κ2) is 6.56. The summed E-state index contributed by atoms with van der Waals surface area (Å²) in [5.74, 6) is -0.518. The van der Waals surface area contributed by atoms with Gasteiger partial charge in [0.2, 0.25) is 0 Å². The quantitative estimate of drug-likeness (QED) is 0.709. The molecule has 0 aliphatic carbocycles. The molecule has 10 heteroatoms. The first-order valence-electron chi connectivity index (χ1n) is 9.86. The molecular weight excluding hydrogens is 395 g/mol. The van der Waals surface area contributed by atoms with Gasteiger partial charge in [0.15, 0.2) is 0 Å². The summed E-state index contributed by atoms with van der Waals surface area (Å²) in [7, 11) is 1.91. The van der Waals surface area contributed by atoms with Crippen molar-refractivity contribution in [2.24, 2.45) is 7.05 Å². The smallest absolute Gasteiger partial charge is 0.383 e. The van der Waals surface area contributed by atoms with Gasteiger partial charge in [-0.05, 0) is 37.6 Å². The van der Waals surface area contributed by atoms with Gasteiger partial charge in [0.05, 0.1) is 17.0 Å². The summed E-state index contributed by atoms with van der Waals surface area (Å²) in [6.45, 7) is 3.41. The zero-order valence-corrected chi connectivity index (χ0v) is 16.5. The normalized spacial score (nSPS) is 21.6.